The summed E-state index contributed by atoms with van der Waals surface area (Å²) in [5.41, 5.74) is -1.90. The monoisotopic (exact) mass is 453 g/mol. The molecule has 0 aromatic heterocycles. The summed E-state index contributed by atoms with van der Waals surface area (Å²) in [6.07, 6.45) is -4.52. The third-order valence-corrected chi connectivity index (χ3v) is 4.12. The van der Waals surface area contributed by atoms with E-state index in [2.05, 4.69) is 16.0 Å². The molecule has 0 unspecified atom stereocenters. The first-order valence-electron chi connectivity index (χ1n) is 8.84. The molecule has 5 nitrogen and oxygen atoms in total. The van der Waals surface area contributed by atoms with Gasteiger partial charge in [-0.3, -0.25) is 4.79 Å². The van der Waals surface area contributed by atoms with Crippen LogP contribution in [0, 0.1) is 17.5 Å². The molecule has 32 heavy (non-hydrogen) atoms. The van der Waals surface area contributed by atoms with E-state index in [0.717, 1.165) is 54.6 Å². The Morgan fingerprint density at radius 2 is 1.28 bits per heavy atom. The molecule has 0 aliphatic heterocycles. The molecule has 166 valence electrons. The van der Waals surface area contributed by atoms with Gasteiger partial charge in [-0.05, 0) is 60.7 Å². The molecule has 0 fully saturated rings. The summed E-state index contributed by atoms with van der Waals surface area (Å²) in [6.45, 7) is 0. The van der Waals surface area contributed by atoms with E-state index in [-0.39, 0.29) is 11.4 Å². The summed E-state index contributed by atoms with van der Waals surface area (Å²) in [5.74, 6) is -3.92. The first-order valence-corrected chi connectivity index (χ1v) is 8.84. The molecule has 3 N–H and O–H groups in total. The van der Waals surface area contributed by atoms with Crippen LogP contribution in [0.15, 0.2) is 60.7 Å². The smallest absolute Gasteiger partial charge is 0.319 e. The van der Waals surface area contributed by atoms with Crippen molar-refractivity contribution < 1.29 is 35.9 Å². The van der Waals surface area contributed by atoms with Gasteiger partial charge in [-0.2, -0.15) is 13.2 Å². The van der Waals surface area contributed by atoms with Crippen molar-refractivity contribution in [2.24, 2.45) is 0 Å². The second-order valence-corrected chi connectivity index (χ2v) is 6.43. The minimum absolute atomic E-state index is 0.00539. The van der Waals surface area contributed by atoms with Crippen molar-refractivity contribution in [3.63, 3.8) is 0 Å². The highest BCUT2D eigenvalue weighted by Gasteiger charge is 2.30. The Kier molecular flexibility index (Phi) is 6.37. The predicted octanol–water partition coefficient (Wildman–Crippen LogP) is 6.02. The van der Waals surface area contributed by atoms with Crippen molar-refractivity contribution in [3.8, 4) is 0 Å². The maximum atomic E-state index is 14.0. The molecule has 3 aromatic carbocycles. The molecule has 3 amide bonds. The molecular formula is C21H13F6N3O2. The van der Waals surface area contributed by atoms with Gasteiger partial charge in [0.2, 0.25) is 0 Å². The number of carbonyl (C=O) groups excluding carboxylic acids is 2. The molecule has 0 radical (unpaired) electrons. The molecule has 11 heteroatoms. The average molecular weight is 453 g/mol. The van der Waals surface area contributed by atoms with Crippen LogP contribution in [0.3, 0.4) is 0 Å². The maximum Gasteiger partial charge on any atom is 0.416 e. The van der Waals surface area contributed by atoms with Gasteiger partial charge in [0.25, 0.3) is 5.91 Å². The molecule has 0 spiro atoms. The fourth-order valence-corrected chi connectivity index (χ4v) is 2.60. The van der Waals surface area contributed by atoms with Crippen molar-refractivity contribution in [1.82, 2.24) is 0 Å². The largest absolute Gasteiger partial charge is 0.416 e. The lowest BCUT2D eigenvalue weighted by Gasteiger charge is -2.12. The van der Waals surface area contributed by atoms with Crippen LogP contribution in [0.1, 0.15) is 15.9 Å². The molecule has 0 saturated heterocycles. The first-order chi connectivity index (χ1) is 15.0. The Morgan fingerprint density at radius 3 is 1.94 bits per heavy atom. The van der Waals surface area contributed by atoms with Crippen molar-refractivity contribution in [2.45, 2.75) is 6.18 Å². The van der Waals surface area contributed by atoms with Crippen LogP contribution in [0.5, 0.6) is 0 Å². The summed E-state index contributed by atoms with van der Waals surface area (Å²) in [7, 11) is 0. The van der Waals surface area contributed by atoms with E-state index in [1.165, 1.54) is 0 Å². The number of anilines is 3. The zero-order valence-corrected chi connectivity index (χ0v) is 15.9. The fraction of sp³-hybridized carbons (Fsp3) is 0.0476. The zero-order chi connectivity index (χ0) is 23.5. The van der Waals surface area contributed by atoms with Crippen molar-refractivity contribution in [2.75, 3.05) is 16.0 Å². The molecule has 0 saturated carbocycles. The van der Waals surface area contributed by atoms with Gasteiger partial charge in [-0.1, -0.05) is 0 Å². The molecule has 3 rings (SSSR count). The number of nitrogens with one attached hydrogen (secondary N) is 3. The number of urea groups is 1. The van der Waals surface area contributed by atoms with Gasteiger partial charge in [0.05, 0.1) is 16.8 Å². The van der Waals surface area contributed by atoms with Gasteiger partial charge in [-0.15, -0.1) is 0 Å². The summed E-state index contributed by atoms with van der Waals surface area (Å²) >= 11 is 0. The SMILES string of the molecule is O=C(Nc1ccc(C(F)(F)F)cc1)Nc1ccc(F)c(NC(=O)c2cc(F)ccc2F)c1. The first kappa shape index (κ1) is 22.7. The van der Waals surface area contributed by atoms with Crippen LogP contribution in [0.25, 0.3) is 0 Å². The molecule has 0 atom stereocenters. The lowest BCUT2D eigenvalue weighted by Crippen LogP contribution is -2.20. The lowest BCUT2D eigenvalue weighted by molar-refractivity contribution is -0.137. The van der Waals surface area contributed by atoms with E-state index >= 15 is 0 Å². The van der Waals surface area contributed by atoms with Crippen LogP contribution in [0.2, 0.25) is 0 Å². The Balaban J connectivity index is 1.69. The number of amides is 3. The lowest BCUT2D eigenvalue weighted by atomic mass is 10.2. The number of rotatable bonds is 4. The minimum atomic E-state index is -4.52. The van der Waals surface area contributed by atoms with Crippen molar-refractivity contribution in [1.29, 1.82) is 0 Å². The third kappa shape index (κ3) is 5.56. The average Bonchev–Trinajstić information content (AvgIpc) is 2.72. The summed E-state index contributed by atoms with van der Waals surface area (Å²) in [5, 5.41) is 6.69. The van der Waals surface area contributed by atoms with Gasteiger partial charge < -0.3 is 16.0 Å². The highest BCUT2D eigenvalue weighted by atomic mass is 19.4. The van der Waals surface area contributed by atoms with Gasteiger partial charge in [-0.25, -0.2) is 18.0 Å². The van der Waals surface area contributed by atoms with Crippen LogP contribution in [-0.2, 0) is 6.18 Å². The summed E-state index contributed by atoms with van der Waals surface area (Å²) in [6, 6.07) is 8.09. The van der Waals surface area contributed by atoms with Crippen LogP contribution >= 0.6 is 0 Å². The van der Waals surface area contributed by atoms with Crippen LogP contribution < -0.4 is 16.0 Å². The number of hydrogen-bond donors (Lipinski definition) is 3. The predicted molar refractivity (Wildman–Crippen MR) is 105 cm³/mol. The molecule has 0 aliphatic rings. The molecule has 0 heterocycles. The van der Waals surface area contributed by atoms with Gasteiger partial charge in [0.1, 0.15) is 17.5 Å². The molecular weight excluding hydrogens is 440 g/mol. The molecule has 0 bridgehead atoms. The maximum absolute atomic E-state index is 14.0. The Hall–Kier alpha value is -4.02. The van der Waals surface area contributed by atoms with E-state index in [9.17, 15) is 35.9 Å². The third-order valence-electron chi connectivity index (χ3n) is 4.12. The van der Waals surface area contributed by atoms with E-state index in [1.54, 1.807) is 0 Å². The minimum Gasteiger partial charge on any atom is -0.319 e. The zero-order valence-electron chi connectivity index (χ0n) is 15.9. The number of halogens is 6. The summed E-state index contributed by atoms with van der Waals surface area (Å²) in [4.78, 5) is 24.2. The normalized spacial score (nSPS) is 11.1. The number of hydrogen-bond acceptors (Lipinski definition) is 2. The van der Waals surface area contributed by atoms with Gasteiger partial charge in [0.15, 0.2) is 0 Å². The second kappa shape index (κ2) is 9.00. The molecule has 3 aromatic rings. The van der Waals surface area contributed by atoms with Gasteiger partial charge >= 0.3 is 12.2 Å². The van der Waals surface area contributed by atoms with E-state index < -0.39 is 52.4 Å². The van der Waals surface area contributed by atoms with Crippen molar-refractivity contribution >= 4 is 29.0 Å². The highest BCUT2D eigenvalue weighted by molar-refractivity contribution is 6.05. The second-order valence-electron chi connectivity index (χ2n) is 6.43. The Labute approximate surface area is 177 Å². The van der Waals surface area contributed by atoms with Crippen LogP contribution in [0.4, 0.5) is 48.2 Å². The topological polar surface area (TPSA) is 70.2 Å². The quantitative estimate of drug-likeness (QED) is 0.423. The fourth-order valence-electron chi connectivity index (χ4n) is 2.60. The Bertz CT molecular complexity index is 1160. The standard InChI is InChI=1S/C21H13F6N3O2/c22-12-3-7-16(23)15(9-12)19(31)30-18-10-14(6-8-17(18)24)29-20(32)28-13-4-1-11(2-5-13)21(25,26)27/h1-10H,(H,30,31)(H2,28,29,32). The summed E-state index contributed by atoms with van der Waals surface area (Å²) < 4.78 is 78.8. The number of carbonyl (C=O) groups is 2. The van der Waals surface area contributed by atoms with E-state index in [4.69, 9.17) is 0 Å². The Morgan fingerprint density at radius 1 is 0.688 bits per heavy atom. The van der Waals surface area contributed by atoms with Crippen molar-refractivity contribution in [3.05, 3.63) is 89.2 Å². The number of alkyl halides is 3. The number of benzene rings is 3. The van der Waals surface area contributed by atoms with E-state index in [0.29, 0.717) is 6.07 Å². The van der Waals surface area contributed by atoms with E-state index in [1.807, 2.05) is 0 Å². The van der Waals surface area contributed by atoms with Gasteiger partial charge in [0, 0.05) is 11.4 Å². The van der Waals surface area contributed by atoms with Crippen LogP contribution in [-0.4, -0.2) is 11.9 Å². The molecule has 0 aliphatic carbocycles. The highest BCUT2D eigenvalue weighted by Crippen LogP contribution is 2.30.